The van der Waals surface area contributed by atoms with Crippen LogP contribution in [-0.2, 0) is 15.1 Å². The lowest BCUT2D eigenvalue weighted by atomic mass is 9.82. The molecule has 1 atom stereocenters. The largest absolute Gasteiger partial charge is 0.479 e. The van der Waals surface area contributed by atoms with Gasteiger partial charge in [0.15, 0.2) is 5.60 Å². The Kier molecular flexibility index (Phi) is 3.86. The average Bonchev–Trinajstić information content (AvgIpc) is 2.55. The van der Waals surface area contributed by atoms with Gasteiger partial charge >= 0.3 is 5.97 Å². The van der Waals surface area contributed by atoms with Crippen LogP contribution in [0, 0.1) is 0 Å². The van der Waals surface area contributed by atoms with Gasteiger partial charge in [-0.2, -0.15) is 0 Å². The van der Waals surface area contributed by atoms with Crippen molar-refractivity contribution in [3.8, 4) is 16.9 Å². The van der Waals surface area contributed by atoms with Crippen molar-refractivity contribution in [1.29, 1.82) is 0 Å². The molecule has 22 heavy (non-hydrogen) atoms. The van der Waals surface area contributed by atoms with Crippen LogP contribution in [0.4, 0.5) is 0 Å². The third kappa shape index (κ3) is 2.35. The summed E-state index contributed by atoms with van der Waals surface area (Å²) in [7, 11) is 0. The van der Waals surface area contributed by atoms with Crippen molar-refractivity contribution in [2.24, 2.45) is 0 Å². The van der Waals surface area contributed by atoms with Crippen LogP contribution in [0.15, 0.2) is 48.5 Å². The summed E-state index contributed by atoms with van der Waals surface area (Å²) in [6, 6.07) is 15.3. The van der Waals surface area contributed by atoms with E-state index < -0.39 is 5.60 Å². The fourth-order valence-electron chi connectivity index (χ4n) is 2.91. The van der Waals surface area contributed by atoms with Crippen LogP contribution in [-0.4, -0.2) is 24.3 Å². The number of benzene rings is 2. The molecule has 2 aromatic carbocycles. The first-order chi connectivity index (χ1) is 10.7. The quantitative estimate of drug-likeness (QED) is 0.882. The van der Waals surface area contributed by atoms with Crippen molar-refractivity contribution in [3.63, 3.8) is 0 Å². The van der Waals surface area contributed by atoms with Crippen LogP contribution in [0.1, 0.15) is 18.9 Å². The normalized spacial score (nSPS) is 18.8. The Morgan fingerprint density at radius 2 is 1.82 bits per heavy atom. The van der Waals surface area contributed by atoms with Gasteiger partial charge in [-0.3, -0.25) is 4.79 Å². The Balaban J connectivity index is 2.11. The molecule has 1 heterocycles. The van der Waals surface area contributed by atoms with E-state index in [1.165, 1.54) is 0 Å². The second kappa shape index (κ2) is 5.81. The maximum absolute atomic E-state index is 12.0. The molecule has 0 saturated carbocycles. The molecule has 1 aliphatic heterocycles. The Morgan fingerprint density at radius 3 is 2.55 bits per heavy atom. The van der Waals surface area contributed by atoms with Crippen molar-refractivity contribution in [2.45, 2.75) is 18.9 Å². The molecular formula is C18H18O4. The van der Waals surface area contributed by atoms with E-state index in [1.807, 2.05) is 48.5 Å². The van der Waals surface area contributed by atoms with Gasteiger partial charge in [0, 0.05) is 11.1 Å². The van der Waals surface area contributed by atoms with Gasteiger partial charge in [-0.1, -0.05) is 42.5 Å². The number of aliphatic hydroxyl groups excluding tert-OH is 1. The molecule has 0 fully saturated rings. The summed E-state index contributed by atoms with van der Waals surface area (Å²) in [5.41, 5.74) is 1.65. The summed E-state index contributed by atoms with van der Waals surface area (Å²) in [5.74, 6) is 0.283. The summed E-state index contributed by atoms with van der Waals surface area (Å²) < 4.78 is 11.1. The molecule has 0 aromatic heterocycles. The smallest absolute Gasteiger partial charge is 0.310 e. The van der Waals surface area contributed by atoms with Gasteiger partial charge in [-0.15, -0.1) is 0 Å². The number of hydrogen-bond acceptors (Lipinski definition) is 4. The third-order valence-corrected chi connectivity index (χ3v) is 3.89. The van der Waals surface area contributed by atoms with Crippen molar-refractivity contribution in [2.75, 3.05) is 13.2 Å². The Bertz CT molecular complexity index is 695. The van der Waals surface area contributed by atoms with Crippen LogP contribution >= 0.6 is 0 Å². The Labute approximate surface area is 129 Å². The highest BCUT2D eigenvalue weighted by Crippen LogP contribution is 2.46. The zero-order valence-corrected chi connectivity index (χ0v) is 12.4. The molecule has 4 heteroatoms. The number of esters is 1. The van der Waals surface area contributed by atoms with E-state index in [2.05, 4.69) is 0 Å². The lowest BCUT2D eigenvalue weighted by molar-refractivity contribution is -0.149. The van der Waals surface area contributed by atoms with Crippen LogP contribution in [0.25, 0.3) is 11.1 Å². The van der Waals surface area contributed by atoms with Gasteiger partial charge in [0.2, 0.25) is 0 Å². The summed E-state index contributed by atoms with van der Waals surface area (Å²) in [5, 5.41) is 10.00. The molecule has 0 aliphatic carbocycles. The number of hydrogen-bond donors (Lipinski definition) is 1. The predicted molar refractivity (Wildman–Crippen MR) is 82.5 cm³/mol. The summed E-state index contributed by atoms with van der Waals surface area (Å²) >= 11 is 0. The van der Waals surface area contributed by atoms with E-state index in [0.29, 0.717) is 12.4 Å². The van der Waals surface area contributed by atoms with E-state index in [1.54, 1.807) is 6.92 Å². The lowest BCUT2D eigenvalue weighted by Crippen LogP contribution is -2.42. The molecule has 1 N–H and O–H groups in total. The molecule has 4 nitrogen and oxygen atoms in total. The molecule has 2 aromatic rings. The van der Waals surface area contributed by atoms with Gasteiger partial charge in [-0.05, 0) is 18.6 Å². The number of aliphatic hydroxyl groups is 1. The minimum absolute atomic E-state index is 0.0251. The zero-order chi connectivity index (χ0) is 15.6. The number of carbonyl (C=O) groups excluding carboxylic acids is 1. The van der Waals surface area contributed by atoms with Crippen LogP contribution in [0.2, 0.25) is 0 Å². The molecular weight excluding hydrogens is 280 g/mol. The van der Waals surface area contributed by atoms with E-state index in [-0.39, 0.29) is 19.0 Å². The van der Waals surface area contributed by atoms with E-state index in [9.17, 15) is 9.90 Å². The maximum atomic E-state index is 12.0. The van der Waals surface area contributed by atoms with E-state index in [0.717, 1.165) is 16.7 Å². The number of ether oxygens (including phenoxy) is 2. The number of rotatable bonds is 4. The van der Waals surface area contributed by atoms with Crippen LogP contribution in [0.5, 0.6) is 5.75 Å². The first-order valence-electron chi connectivity index (χ1n) is 7.34. The van der Waals surface area contributed by atoms with Crippen molar-refractivity contribution in [3.05, 3.63) is 54.1 Å². The van der Waals surface area contributed by atoms with E-state index in [4.69, 9.17) is 9.47 Å². The third-order valence-electron chi connectivity index (χ3n) is 3.89. The summed E-state index contributed by atoms with van der Waals surface area (Å²) in [6.45, 7) is 1.77. The minimum atomic E-state index is -1.10. The van der Waals surface area contributed by atoms with Gasteiger partial charge < -0.3 is 14.6 Å². The monoisotopic (exact) mass is 298 g/mol. The lowest BCUT2D eigenvalue weighted by Gasteiger charge is -2.38. The van der Waals surface area contributed by atoms with Gasteiger partial charge in [0.1, 0.15) is 5.75 Å². The van der Waals surface area contributed by atoms with Crippen molar-refractivity contribution in [1.82, 2.24) is 0 Å². The number of carbonyl (C=O) groups is 1. The number of fused-ring (bicyclic) bond motifs is 3. The molecule has 3 rings (SSSR count). The molecule has 0 amide bonds. The maximum Gasteiger partial charge on any atom is 0.310 e. The second-order valence-corrected chi connectivity index (χ2v) is 5.28. The highest BCUT2D eigenvalue weighted by molar-refractivity contribution is 5.79. The summed E-state index contributed by atoms with van der Waals surface area (Å²) in [4.78, 5) is 12.0. The fourth-order valence-corrected chi connectivity index (χ4v) is 2.91. The number of para-hydroxylation sites is 1. The molecule has 0 radical (unpaired) electrons. The highest BCUT2D eigenvalue weighted by Gasteiger charge is 2.42. The Hall–Kier alpha value is -2.33. The molecule has 114 valence electrons. The topological polar surface area (TPSA) is 55.8 Å². The van der Waals surface area contributed by atoms with Gasteiger partial charge in [0.05, 0.1) is 19.6 Å². The van der Waals surface area contributed by atoms with Crippen molar-refractivity contribution < 1.29 is 19.4 Å². The first kappa shape index (κ1) is 14.6. The second-order valence-electron chi connectivity index (χ2n) is 5.28. The Morgan fingerprint density at radius 1 is 1.14 bits per heavy atom. The highest BCUT2D eigenvalue weighted by atomic mass is 16.5. The fraction of sp³-hybridized carbons (Fsp3) is 0.278. The predicted octanol–water partition coefficient (Wildman–Crippen LogP) is 2.89. The molecule has 0 bridgehead atoms. The summed E-state index contributed by atoms with van der Waals surface area (Å²) in [6.07, 6.45) is -0.0251. The van der Waals surface area contributed by atoms with Gasteiger partial charge in [-0.25, -0.2) is 0 Å². The van der Waals surface area contributed by atoms with E-state index >= 15 is 0 Å². The SMILES string of the molecule is CCOC(=O)CC1(CO)Oc2ccccc2-c2ccccc21. The van der Waals surface area contributed by atoms with Gasteiger partial charge in [0.25, 0.3) is 0 Å². The molecule has 1 unspecified atom stereocenters. The average molecular weight is 298 g/mol. The molecule has 0 saturated heterocycles. The van der Waals surface area contributed by atoms with Crippen molar-refractivity contribution >= 4 is 5.97 Å². The van der Waals surface area contributed by atoms with Crippen LogP contribution < -0.4 is 4.74 Å². The standard InChI is InChI=1S/C18H18O4/c1-2-21-17(20)11-18(12-19)15-9-5-3-7-13(15)14-8-4-6-10-16(14)22-18/h3-10,19H,2,11-12H2,1H3. The first-order valence-corrected chi connectivity index (χ1v) is 7.34. The molecule has 0 spiro atoms. The zero-order valence-electron chi connectivity index (χ0n) is 12.4. The molecule has 1 aliphatic rings. The minimum Gasteiger partial charge on any atom is -0.479 e. The van der Waals surface area contributed by atoms with Crippen LogP contribution in [0.3, 0.4) is 0 Å².